The van der Waals surface area contributed by atoms with Crippen molar-refractivity contribution >= 4 is 46.7 Å². The molecule has 0 bridgehead atoms. The van der Waals surface area contributed by atoms with Gasteiger partial charge in [0.2, 0.25) is 5.91 Å². The lowest BCUT2D eigenvalue weighted by Gasteiger charge is -2.34. The summed E-state index contributed by atoms with van der Waals surface area (Å²) in [4.78, 5) is 26.3. The fourth-order valence-electron chi connectivity index (χ4n) is 2.71. The van der Waals surface area contributed by atoms with E-state index in [4.69, 9.17) is 39.5 Å². The van der Waals surface area contributed by atoms with E-state index < -0.39 is 6.04 Å². The number of piperidine rings is 1. The first-order chi connectivity index (χ1) is 10.9. The third-order valence-corrected chi connectivity index (χ3v) is 4.71. The van der Waals surface area contributed by atoms with Crippen LogP contribution in [0.25, 0.3) is 0 Å². The van der Waals surface area contributed by atoms with E-state index in [0.717, 1.165) is 12.8 Å². The highest BCUT2D eigenvalue weighted by Crippen LogP contribution is 2.30. The molecule has 0 aromatic heterocycles. The molecule has 1 saturated heterocycles. The van der Waals surface area contributed by atoms with Crippen LogP contribution in [0.4, 0.5) is 0 Å². The molecular weight excluding hydrogens is 361 g/mol. The van der Waals surface area contributed by atoms with Crippen molar-refractivity contribution in [2.45, 2.75) is 38.6 Å². The summed E-state index contributed by atoms with van der Waals surface area (Å²) in [6.45, 7) is 2.58. The number of likely N-dealkylation sites (tertiary alicyclic amines) is 1. The van der Waals surface area contributed by atoms with Gasteiger partial charge in [0.1, 0.15) is 6.04 Å². The SMILES string of the molecule is CCOC(=O)C1CCCCN1C(=O)Cc1c(Cl)cc(Cl)cc1Cl. The summed E-state index contributed by atoms with van der Waals surface area (Å²) >= 11 is 18.2. The van der Waals surface area contributed by atoms with Crippen molar-refractivity contribution in [3.63, 3.8) is 0 Å². The van der Waals surface area contributed by atoms with Gasteiger partial charge in [-0.3, -0.25) is 4.79 Å². The van der Waals surface area contributed by atoms with E-state index >= 15 is 0 Å². The molecule has 126 valence electrons. The third-order valence-electron chi connectivity index (χ3n) is 3.82. The zero-order valence-electron chi connectivity index (χ0n) is 12.8. The molecule has 1 amide bonds. The van der Waals surface area contributed by atoms with Gasteiger partial charge in [-0.25, -0.2) is 4.79 Å². The first kappa shape index (κ1) is 18.4. The van der Waals surface area contributed by atoms with Crippen LogP contribution in [0, 0.1) is 0 Å². The molecule has 4 nitrogen and oxygen atoms in total. The molecule has 1 aromatic rings. The molecule has 0 spiro atoms. The minimum atomic E-state index is -0.527. The fourth-order valence-corrected chi connectivity index (χ4v) is 3.66. The highest BCUT2D eigenvalue weighted by molar-refractivity contribution is 6.39. The van der Waals surface area contributed by atoms with Crippen LogP contribution in [0.1, 0.15) is 31.7 Å². The van der Waals surface area contributed by atoms with Crippen molar-refractivity contribution in [1.29, 1.82) is 0 Å². The molecular formula is C16H18Cl3NO3. The van der Waals surface area contributed by atoms with Crippen LogP contribution in [0.3, 0.4) is 0 Å². The molecule has 0 aliphatic carbocycles. The van der Waals surface area contributed by atoms with Crippen molar-refractivity contribution in [1.82, 2.24) is 4.90 Å². The maximum absolute atomic E-state index is 12.6. The van der Waals surface area contributed by atoms with Crippen LogP contribution < -0.4 is 0 Å². The number of amides is 1. The molecule has 1 atom stereocenters. The van der Waals surface area contributed by atoms with Gasteiger partial charge in [0, 0.05) is 21.6 Å². The minimum Gasteiger partial charge on any atom is -0.464 e. The second-order valence-electron chi connectivity index (χ2n) is 5.38. The maximum Gasteiger partial charge on any atom is 0.328 e. The minimum absolute atomic E-state index is 0.0325. The Labute approximate surface area is 150 Å². The van der Waals surface area contributed by atoms with Crippen LogP contribution in [-0.4, -0.2) is 36.0 Å². The monoisotopic (exact) mass is 377 g/mol. The molecule has 0 saturated carbocycles. The van der Waals surface area contributed by atoms with E-state index in [0.29, 0.717) is 40.2 Å². The van der Waals surface area contributed by atoms with Crippen LogP contribution >= 0.6 is 34.8 Å². The van der Waals surface area contributed by atoms with E-state index in [9.17, 15) is 9.59 Å². The van der Waals surface area contributed by atoms with Gasteiger partial charge in [-0.2, -0.15) is 0 Å². The predicted molar refractivity (Wildman–Crippen MR) is 91.2 cm³/mol. The quantitative estimate of drug-likeness (QED) is 0.740. The Morgan fingerprint density at radius 1 is 1.22 bits per heavy atom. The summed E-state index contributed by atoms with van der Waals surface area (Å²) in [5.41, 5.74) is 0.524. The molecule has 23 heavy (non-hydrogen) atoms. The molecule has 1 unspecified atom stereocenters. The van der Waals surface area contributed by atoms with Gasteiger partial charge in [-0.05, 0) is 43.9 Å². The smallest absolute Gasteiger partial charge is 0.328 e. The number of carbonyl (C=O) groups excluding carboxylic acids is 2. The predicted octanol–water partition coefficient (Wildman–Crippen LogP) is 4.13. The molecule has 1 aromatic carbocycles. The fraction of sp³-hybridized carbons (Fsp3) is 0.500. The zero-order valence-corrected chi connectivity index (χ0v) is 15.0. The average molecular weight is 379 g/mol. The Bertz CT molecular complexity index is 583. The van der Waals surface area contributed by atoms with Crippen LogP contribution in [-0.2, 0) is 20.7 Å². The Hall–Kier alpha value is -0.970. The van der Waals surface area contributed by atoms with E-state index in [1.54, 1.807) is 24.0 Å². The normalized spacial score (nSPS) is 17.9. The van der Waals surface area contributed by atoms with E-state index in [-0.39, 0.29) is 18.3 Å². The standard InChI is InChI=1S/C16H18Cl3NO3/c1-2-23-16(22)14-5-3-4-6-20(14)15(21)9-11-12(18)7-10(17)8-13(11)19/h7-8,14H,2-6,9H2,1H3. The zero-order chi connectivity index (χ0) is 17.0. The van der Waals surface area contributed by atoms with Crippen LogP contribution in [0.15, 0.2) is 12.1 Å². The molecule has 0 radical (unpaired) electrons. The highest BCUT2D eigenvalue weighted by atomic mass is 35.5. The number of ether oxygens (including phenoxy) is 1. The van der Waals surface area contributed by atoms with Crippen LogP contribution in [0.5, 0.6) is 0 Å². The van der Waals surface area contributed by atoms with Gasteiger partial charge in [-0.15, -0.1) is 0 Å². The van der Waals surface area contributed by atoms with E-state index in [1.165, 1.54) is 0 Å². The second kappa shape index (κ2) is 8.22. The molecule has 1 fully saturated rings. The van der Waals surface area contributed by atoms with Crippen LogP contribution in [0.2, 0.25) is 15.1 Å². The molecule has 2 rings (SSSR count). The van der Waals surface area contributed by atoms with Gasteiger partial charge < -0.3 is 9.64 Å². The average Bonchev–Trinajstić information content (AvgIpc) is 2.51. The first-order valence-corrected chi connectivity index (χ1v) is 8.67. The van der Waals surface area contributed by atoms with Crippen molar-refractivity contribution < 1.29 is 14.3 Å². The van der Waals surface area contributed by atoms with Gasteiger partial charge in [-0.1, -0.05) is 34.8 Å². The van der Waals surface area contributed by atoms with Crippen molar-refractivity contribution in [3.8, 4) is 0 Å². The maximum atomic E-state index is 12.6. The number of halogens is 3. The highest BCUT2D eigenvalue weighted by Gasteiger charge is 2.33. The van der Waals surface area contributed by atoms with E-state index in [1.807, 2.05) is 0 Å². The number of carbonyl (C=O) groups is 2. The number of hydrogen-bond acceptors (Lipinski definition) is 3. The topological polar surface area (TPSA) is 46.6 Å². The summed E-state index contributed by atoms with van der Waals surface area (Å²) < 4.78 is 5.07. The number of rotatable bonds is 4. The summed E-state index contributed by atoms with van der Waals surface area (Å²) in [7, 11) is 0. The molecule has 7 heteroatoms. The largest absolute Gasteiger partial charge is 0.464 e. The second-order valence-corrected chi connectivity index (χ2v) is 6.63. The summed E-state index contributed by atoms with van der Waals surface area (Å²) in [6, 6.07) is 2.58. The molecule has 0 N–H and O–H groups in total. The molecule has 1 aliphatic rings. The molecule has 1 aliphatic heterocycles. The van der Waals surface area contributed by atoms with Gasteiger partial charge in [0.25, 0.3) is 0 Å². The van der Waals surface area contributed by atoms with Crippen molar-refractivity contribution in [2.24, 2.45) is 0 Å². The first-order valence-electron chi connectivity index (χ1n) is 7.53. The van der Waals surface area contributed by atoms with Crippen molar-refractivity contribution in [3.05, 3.63) is 32.8 Å². The van der Waals surface area contributed by atoms with Gasteiger partial charge in [0.05, 0.1) is 13.0 Å². The lowest BCUT2D eigenvalue weighted by Crippen LogP contribution is -2.49. The summed E-state index contributed by atoms with van der Waals surface area (Å²) in [6.07, 6.45) is 2.41. The Morgan fingerprint density at radius 2 is 1.87 bits per heavy atom. The lowest BCUT2D eigenvalue weighted by molar-refractivity contribution is -0.156. The van der Waals surface area contributed by atoms with Gasteiger partial charge >= 0.3 is 5.97 Å². The number of nitrogens with zero attached hydrogens (tertiary/aromatic N) is 1. The van der Waals surface area contributed by atoms with Crippen molar-refractivity contribution in [2.75, 3.05) is 13.2 Å². The number of benzene rings is 1. The lowest BCUT2D eigenvalue weighted by atomic mass is 10.0. The summed E-state index contributed by atoms with van der Waals surface area (Å²) in [5.74, 6) is -0.539. The Morgan fingerprint density at radius 3 is 2.48 bits per heavy atom. The number of hydrogen-bond donors (Lipinski definition) is 0. The Kier molecular flexibility index (Phi) is 6.57. The number of esters is 1. The summed E-state index contributed by atoms with van der Waals surface area (Å²) in [5, 5.41) is 1.11. The Balaban J connectivity index is 2.16. The third kappa shape index (κ3) is 4.52. The van der Waals surface area contributed by atoms with E-state index in [2.05, 4.69) is 0 Å². The molecule has 1 heterocycles. The van der Waals surface area contributed by atoms with Gasteiger partial charge in [0.15, 0.2) is 0 Å².